The number of nitrogens with one attached hydrogen (secondary N) is 1. The maximum atomic E-state index is 12.5. The molecule has 0 aliphatic carbocycles. The highest BCUT2D eigenvalue weighted by atomic mass is 16.2. The molecule has 7 heteroatoms. The lowest BCUT2D eigenvalue weighted by molar-refractivity contribution is 0.0923. The Kier molecular flexibility index (Phi) is 5.32. The normalized spacial score (nSPS) is 16.7. The lowest BCUT2D eigenvalue weighted by Gasteiger charge is -2.29. The molecule has 0 saturated carbocycles. The first-order chi connectivity index (χ1) is 11.9. The third-order valence-corrected chi connectivity index (χ3v) is 4.72. The smallest absolute Gasteiger partial charge is 0.291 e. The van der Waals surface area contributed by atoms with E-state index in [0.717, 1.165) is 30.9 Å². The van der Waals surface area contributed by atoms with Gasteiger partial charge in [0.15, 0.2) is 0 Å². The summed E-state index contributed by atoms with van der Waals surface area (Å²) >= 11 is 0. The minimum atomic E-state index is -0.226. The van der Waals surface area contributed by atoms with Crippen LogP contribution in [0.5, 0.6) is 0 Å². The predicted molar refractivity (Wildman–Crippen MR) is 96.6 cm³/mol. The van der Waals surface area contributed by atoms with Gasteiger partial charge in [-0.25, -0.2) is 9.50 Å². The van der Waals surface area contributed by atoms with Crippen molar-refractivity contribution in [1.29, 1.82) is 0 Å². The highest BCUT2D eigenvalue weighted by molar-refractivity contribution is 5.90. The van der Waals surface area contributed by atoms with Crippen molar-refractivity contribution in [3.05, 3.63) is 23.3 Å². The summed E-state index contributed by atoms with van der Waals surface area (Å²) in [6.45, 7) is 11.2. The third kappa shape index (κ3) is 4.15. The van der Waals surface area contributed by atoms with Gasteiger partial charge in [-0.1, -0.05) is 13.8 Å². The average Bonchev–Trinajstić information content (AvgIpc) is 3.19. The van der Waals surface area contributed by atoms with E-state index in [2.05, 4.69) is 39.1 Å². The monoisotopic (exact) mass is 344 g/mol. The van der Waals surface area contributed by atoms with Crippen LogP contribution in [0.3, 0.4) is 0 Å². The minimum absolute atomic E-state index is 0.186. The number of likely N-dealkylation sites (tertiary alicyclic amines) is 1. The van der Waals surface area contributed by atoms with Crippen LogP contribution in [0, 0.1) is 19.8 Å². The molecule has 3 heterocycles. The molecule has 136 valence electrons. The number of carbonyl (C=O) groups excluding carboxylic acids is 1. The molecule has 2 aromatic rings. The summed E-state index contributed by atoms with van der Waals surface area (Å²) < 4.78 is 1.62. The topological polar surface area (TPSA) is 75.4 Å². The fourth-order valence-electron chi connectivity index (χ4n) is 3.56. The summed E-state index contributed by atoms with van der Waals surface area (Å²) in [5, 5.41) is 7.34. The summed E-state index contributed by atoms with van der Waals surface area (Å²) in [5.41, 5.74) is 1.79. The van der Waals surface area contributed by atoms with Crippen molar-refractivity contribution in [1.82, 2.24) is 29.8 Å². The van der Waals surface area contributed by atoms with Crippen LogP contribution in [-0.4, -0.2) is 56.1 Å². The number of aryl methyl sites for hydroxylation is 2. The maximum absolute atomic E-state index is 12.5. The van der Waals surface area contributed by atoms with Gasteiger partial charge in [0.1, 0.15) is 0 Å². The van der Waals surface area contributed by atoms with Crippen molar-refractivity contribution in [3.63, 3.8) is 0 Å². The highest BCUT2D eigenvalue weighted by Gasteiger charge is 2.24. The first-order valence-electron chi connectivity index (χ1n) is 9.17. The van der Waals surface area contributed by atoms with Crippen molar-refractivity contribution in [2.24, 2.45) is 5.92 Å². The molecule has 0 unspecified atom stereocenters. The molecule has 0 aromatic carbocycles. The van der Waals surface area contributed by atoms with Gasteiger partial charge in [-0.3, -0.25) is 9.69 Å². The number of amides is 1. The van der Waals surface area contributed by atoms with Gasteiger partial charge in [-0.15, -0.1) is 5.10 Å². The molecule has 1 atom stereocenters. The summed E-state index contributed by atoms with van der Waals surface area (Å²) in [4.78, 5) is 23.6. The largest absolute Gasteiger partial charge is 0.348 e. The fraction of sp³-hybridized carbons (Fsp3) is 0.667. The standard InChI is InChI=1S/C18H28N6O/c1-12(2)9-15(23-7-5-6-8-23)11-19-17(25)16-21-18-20-13(3)10-14(4)24(18)22-16/h10,12,15H,5-9,11H2,1-4H3,(H,19,25)/t15-/m0/s1. The van der Waals surface area contributed by atoms with Gasteiger partial charge >= 0.3 is 0 Å². The first-order valence-corrected chi connectivity index (χ1v) is 9.17. The zero-order valence-corrected chi connectivity index (χ0v) is 15.6. The molecule has 7 nitrogen and oxygen atoms in total. The van der Waals surface area contributed by atoms with E-state index in [9.17, 15) is 4.79 Å². The van der Waals surface area contributed by atoms with Gasteiger partial charge in [-0.2, -0.15) is 4.98 Å². The summed E-state index contributed by atoms with van der Waals surface area (Å²) in [6, 6.07) is 2.31. The van der Waals surface area contributed by atoms with Crippen molar-refractivity contribution < 1.29 is 4.79 Å². The molecule has 1 fully saturated rings. The quantitative estimate of drug-likeness (QED) is 0.867. The van der Waals surface area contributed by atoms with Crippen LogP contribution >= 0.6 is 0 Å². The average molecular weight is 344 g/mol. The Balaban J connectivity index is 1.69. The van der Waals surface area contributed by atoms with E-state index in [1.54, 1.807) is 4.52 Å². The first kappa shape index (κ1) is 17.8. The molecular weight excluding hydrogens is 316 g/mol. The van der Waals surface area contributed by atoms with E-state index in [4.69, 9.17) is 0 Å². The molecule has 1 amide bonds. The Labute approximate surface area is 148 Å². The van der Waals surface area contributed by atoms with Crippen LogP contribution < -0.4 is 5.32 Å². The van der Waals surface area contributed by atoms with E-state index in [-0.39, 0.29) is 11.7 Å². The second-order valence-corrected chi connectivity index (χ2v) is 7.42. The van der Waals surface area contributed by atoms with E-state index in [1.165, 1.54) is 12.8 Å². The second kappa shape index (κ2) is 7.47. The zero-order chi connectivity index (χ0) is 18.0. The van der Waals surface area contributed by atoms with Crippen LogP contribution in [-0.2, 0) is 0 Å². The number of nitrogens with zero attached hydrogens (tertiary/aromatic N) is 5. The molecule has 0 spiro atoms. The maximum Gasteiger partial charge on any atom is 0.291 e. The summed E-state index contributed by atoms with van der Waals surface area (Å²) in [5.74, 6) is 1.04. The molecule has 1 saturated heterocycles. The lowest BCUT2D eigenvalue weighted by atomic mass is 10.0. The predicted octanol–water partition coefficient (Wildman–Crippen LogP) is 1.98. The molecule has 0 radical (unpaired) electrons. The third-order valence-electron chi connectivity index (χ3n) is 4.72. The minimum Gasteiger partial charge on any atom is -0.348 e. The molecule has 3 rings (SSSR count). The molecule has 1 aliphatic heterocycles. The number of hydrogen-bond acceptors (Lipinski definition) is 5. The van der Waals surface area contributed by atoms with Crippen LogP contribution in [0.1, 0.15) is 55.1 Å². The van der Waals surface area contributed by atoms with Gasteiger partial charge in [0.2, 0.25) is 5.82 Å². The Morgan fingerprint density at radius 3 is 2.64 bits per heavy atom. The van der Waals surface area contributed by atoms with Gasteiger partial charge in [0.25, 0.3) is 11.7 Å². The van der Waals surface area contributed by atoms with Gasteiger partial charge in [0, 0.05) is 24.0 Å². The summed E-state index contributed by atoms with van der Waals surface area (Å²) in [7, 11) is 0. The van der Waals surface area contributed by atoms with Crippen LogP contribution in [0.2, 0.25) is 0 Å². The fourth-order valence-corrected chi connectivity index (χ4v) is 3.56. The Hall–Kier alpha value is -2.02. The van der Waals surface area contributed by atoms with Crippen molar-refractivity contribution in [2.75, 3.05) is 19.6 Å². The molecular formula is C18H28N6O. The number of fused-ring (bicyclic) bond motifs is 1. The number of hydrogen-bond donors (Lipinski definition) is 1. The SMILES string of the molecule is Cc1cc(C)n2nc(C(=O)NC[C@H](CC(C)C)N3CCCC3)nc2n1. The molecule has 25 heavy (non-hydrogen) atoms. The Morgan fingerprint density at radius 1 is 1.24 bits per heavy atom. The van der Waals surface area contributed by atoms with Crippen molar-refractivity contribution in [2.45, 2.75) is 53.0 Å². The van der Waals surface area contributed by atoms with Crippen molar-refractivity contribution >= 4 is 11.7 Å². The van der Waals surface area contributed by atoms with E-state index < -0.39 is 0 Å². The Morgan fingerprint density at radius 2 is 1.96 bits per heavy atom. The number of rotatable bonds is 6. The van der Waals surface area contributed by atoms with E-state index in [0.29, 0.717) is 24.3 Å². The lowest BCUT2D eigenvalue weighted by Crippen LogP contribution is -2.43. The Bertz CT molecular complexity index is 747. The number of carbonyl (C=O) groups is 1. The molecule has 0 bridgehead atoms. The molecule has 2 aromatic heterocycles. The van der Waals surface area contributed by atoms with Crippen LogP contribution in [0.4, 0.5) is 0 Å². The van der Waals surface area contributed by atoms with Gasteiger partial charge < -0.3 is 5.32 Å². The second-order valence-electron chi connectivity index (χ2n) is 7.42. The van der Waals surface area contributed by atoms with Gasteiger partial charge in [0.05, 0.1) is 0 Å². The zero-order valence-electron chi connectivity index (χ0n) is 15.6. The van der Waals surface area contributed by atoms with E-state index in [1.807, 2.05) is 19.9 Å². The van der Waals surface area contributed by atoms with Crippen LogP contribution in [0.15, 0.2) is 6.07 Å². The van der Waals surface area contributed by atoms with Gasteiger partial charge in [-0.05, 0) is 58.2 Å². The summed E-state index contributed by atoms with van der Waals surface area (Å²) in [6.07, 6.45) is 3.58. The van der Waals surface area contributed by atoms with Crippen molar-refractivity contribution in [3.8, 4) is 0 Å². The van der Waals surface area contributed by atoms with Crippen LogP contribution in [0.25, 0.3) is 5.78 Å². The highest BCUT2D eigenvalue weighted by Crippen LogP contribution is 2.17. The molecule has 1 N–H and O–H groups in total. The molecule has 1 aliphatic rings. The van der Waals surface area contributed by atoms with E-state index >= 15 is 0 Å². The number of aromatic nitrogens is 4.